The molecule has 15 nitrogen and oxygen atoms in total. The van der Waals surface area contributed by atoms with Crippen molar-refractivity contribution in [3.8, 4) is 5.75 Å². The zero-order valence-electron chi connectivity index (χ0n) is 30.5. The zero-order chi connectivity index (χ0) is 36.7. The van der Waals surface area contributed by atoms with Gasteiger partial charge in [-0.1, -0.05) is 12.1 Å². The Labute approximate surface area is 306 Å². The maximum atomic E-state index is 12.9. The van der Waals surface area contributed by atoms with Crippen LogP contribution in [0.15, 0.2) is 24.3 Å². The molecule has 4 aliphatic rings. The number of aliphatic carboxylic acids is 1. The molecule has 1 N–H and O–H groups in total. The molecule has 1 aromatic carbocycles. The summed E-state index contributed by atoms with van der Waals surface area (Å²) in [5.74, 6) is -0.941. The van der Waals surface area contributed by atoms with Crippen LogP contribution < -0.4 is 4.74 Å². The Morgan fingerprint density at radius 1 is 0.712 bits per heavy atom. The Morgan fingerprint density at radius 3 is 1.62 bits per heavy atom. The number of hydrogen-bond acceptors (Lipinski definition) is 14. The molecular formula is C37H56N4O11. The molecule has 0 amide bonds. The highest BCUT2D eigenvalue weighted by Gasteiger charge is 2.39. The van der Waals surface area contributed by atoms with Gasteiger partial charge in [-0.3, -0.25) is 38.8 Å². The first-order valence-electron chi connectivity index (χ1n) is 18.9. The van der Waals surface area contributed by atoms with Crippen LogP contribution in [0.3, 0.4) is 0 Å². The largest absolute Gasteiger partial charge is 0.491 e. The molecule has 1 aromatic rings. The molecule has 4 saturated heterocycles. The van der Waals surface area contributed by atoms with Gasteiger partial charge in [0.1, 0.15) is 36.5 Å². The lowest BCUT2D eigenvalue weighted by Crippen LogP contribution is -2.55. The summed E-state index contributed by atoms with van der Waals surface area (Å²) in [6, 6.07) is 5.86. The monoisotopic (exact) mass is 732 g/mol. The molecule has 0 saturated carbocycles. The van der Waals surface area contributed by atoms with Gasteiger partial charge < -0.3 is 33.5 Å². The average molecular weight is 733 g/mol. The van der Waals surface area contributed by atoms with E-state index < -0.39 is 24.1 Å². The molecule has 0 aliphatic carbocycles. The fourth-order valence-electron chi connectivity index (χ4n) is 7.47. The fraction of sp³-hybridized carbons (Fsp3) is 0.730. The van der Waals surface area contributed by atoms with Crippen molar-refractivity contribution >= 4 is 23.9 Å². The molecule has 290 valence electrons. The lowest BCUT2D eigenvalue weighted by atomic mass is 10.0. The normalized spacial score (nSPS) is 25.2. The minimum atomic E-state index is -0.899. The highest BCUT2D eigenvalue weighted by Crippen LogP contribution is 2.22. The lowest BCUT2D eigenvalue weighted by Gasteiger charge is -2.38. The Morgan fingerprint density at radius 2 is 1.17 bits per heavy atom. The highest BCUT2D eigenvalue weighted by atomic mass is 16.6. The molecule has 3 unspecified atom stereocenters. The van der Waals surface area contributed by atoms with Gasteiger partial charge >= 0.3 is 23.9 Å². The minimum absolute atomic E-state index is 0.250. The summed E-state index contributed by atoms with van der Waals surface area (Å²) < 4.78 is 32.5. The zero-order valence-corrected chi connectivity index (χ0v) is 30.5. The molecule has 4 fully saturated rings. The van der Waals surface area contributed by atoms with Crippen molar-refractivity contribution < 1.29 is 52.7 Å². The third-order valence-electron chi connectivity index (χ3n) is 10.4. The van der Waals surface area contributed by atoms with Gasteiger partial charge in [0, 0.05) is 78.2 Å². The first-order chi connectivity index (χ1) is 25.3. The number of rotatable bonds is 17. The van der Waals surface area contributed by atoms with Crippen LogP contribution in [0.4, 0.5) is 0 Å². The van der Waals surface area contributed by atoms with Crippen molar-refractivity contribution in [3.63, 3.8) is 0 Å². The molecule has 52 heavy (non-hydrogen) atoms. The summed E-state index contributed by atoms with van der Waals surface area (Å²) in [5, 5.41) is 10.5. The number of benzene rings is 1. The van der Waals surface area contributed by atoms with Crippen molar-refractivity contribution in [2.45, 2.75) is 69.6 Å². The predicted molar refractivity (Wildman–Crippen MR) is 188 cm³/mol. The van der Waals surface area contributed by atoms with Crippen molar-refractivity contribution in [2.24, 2.45) is 0 Å². The molecule has 4 heterocycles. The fourth-order valence-corrected chi connectivity index (χ4v) is 7.47. The second kappa shape index (κ2) is 20.8. The Bertz CT molecular complexity index is 1260. The van der Waals surface area contributed by atoms with Gasteiger partial charge in [0.05, 0.1) is 39.6 Å². The number of carboxylic acid groups (broad SMARTS) is 1. The molecular weight excluding hydrogens is 676 g/mol. The first-order valence-corrected chi connectivity index (χ1v) is 18.9. The number of carboxylic acids is 1. The third-order valence-corrected chi connectivity index (χ3v) is 10.4. The molecule has 0 bridgehead atoms. The van der Waals surface area contributed by atoms with E-state index in [1.165, 1.54) is 0 Å². The van der Waals surface area contributed by atoms with E-state index in [0.29, 0.717) is 144 Å². The summed E-state index contributed by atoms with van der Waals surface area (Å²) in [4.78, 5) is 59.3. The molecule has 0 spiro atoms. The van der Waals surface area contributed by atoms with Crippen LogP contribution in [0.1, 0.15) is 44.6 Å². The minimum Gasteiger partial charge on any atom is -0.491 e. The van der Waals surface area contributed by atoms with E-state index in [9.17, 15) is 24.3 Å². The maximum Gasteiger partial charge on any atom is 0.323 e. The first kappa shape index (κ1) is 39.9. The van der Waals surface area contributed by atoms with E-state index in [-0.39, 0.29) is 23.9 Å². The summed E-state index contributed by atoms with van der Waals surface area (Å²) in [6.07, 6.45) is 3.52. The van der Waals surface area contributed by atoms with Gasteiger partial charge in [-0.15, -0.1) is 0 Å². The molecule has 15 heteroatoms. The van der Waals surface area contributed by atoms with Crippen LogP contribution in [-0.4, -0.2) is 178 Å². The van der Waals surface area contributed by atoms with Crippen LogP contribution in [0.5, 0.6) is 5.75 Å². The smallest absolute Gasteiger partial charge is 0.323 e. The summed E-state index contributed by atoms with van der Waals surface area (Å²) in [6.45, 7) is 9.46. The summed E-state index contributed by atoms with van der Waals surface area (Å²) in [7, 11) is 0. The van der Waals surface area contributed by atoms with Crippen molar-refractivity contribution in [1.29, 1.82) is 0 Å². The van der Waals surface area contributed by atoms with Gasteiger partial charge in [-0.25, -0.2) is 0 Å². The van der Waals surface area contributed by atoms with E-state index >= 15 is 0 Å². The van der Waals surface area contributed by atoms with E-state index in [4.69, 9.17) is 28.4 Å². The van der Waals surface area contributed by atoms with Gasteiger partial charge in [0.2, 0.25) is 0 Å². The lowest BCUT2D eigenvalue weighted by molar-refractivity contribution is -0.146. The quantitative estimate of drug-likeness (QED) is 0.138. The number of nitrogens with zero attached hydrogens (tertiary/aromatic N) is 4. The van der Waals surface area contributed by atoms with E-state index in [2.05, 4.69) is 14.7 Å². The Hall–Kier alpha value is -3.34. The maximum absolute atomic E-state index is 12.9. The highest BCUT2D eigenvalue weighted by molar-refractivity contribution is 5.78. The van der Waals surface area contributed by atoms with Crippen molar-refractivity contribution in [1.82, 2.24) is 19.6 Å². The van der Waals surface area contributed by atoms with E-state index in [0.717, 1.165) is 11.3 Å². The van der Waals surface area contributed by atoms with Gasteiger partial charge in [-0.2, -0.15) is 0 Å². The van der Waals surface area contributed by atoms with Crippen molar-refractivity contribution in [3.05, 3.63) is 29.8 Å². The van der Waals surface area contributed by atoms with Crippen LogP contribution >= 0.6 is 0 Å². The summed E-state index contributed by atoms with van der Waals surface area (Å²) >= 11 is 0. The number of carbonyl (C=O) groups is 4. The number of hydrogen-bond donors (Lipinski definition) is 1. The predicted octanol–water partition coefficient (Wildman–Crippen LogP) is 1.06. The van der Waals surface area contributed by atoms with Crippen LogP contribution in [0, 0.1) is 0 Å². The standard InChI is InChI=1S/C37H56N4O11/c1-2-47-24-25-48-26-27-49-29-8-6-28(7-9-29)4-3-5-30(34(42)43)38-13-15-39(31-10-21-50-35(31)44)17-19-41(33-12-23-52-37(33)46)20-18-40(16-14-38)32-11-22-51-36(32)45/h6-9,30-33H,2-5,10-27H2,1H3,(H,42,43)/t30-,31?,32?,33?/m0/s1. The van der Waals surface area contributed by atoms with Gasteiger partial charge in [0.25, 0.3) is 0 Å². The molecule has 4 atom stereocenters. The average Bonchev–Trinajstić information content (AvgIpc) is 3.88. The second-order valence-electron chi connectivity index (χ2n) is 13.6. The molecule has 0 aromatic heterocycles. The topological polar surface area (TPSA) is 157 Å². The molecule has 5 rings (SSSR count). The van der Waals surface area contributed by atoms with Crippen molar-refractivity contribution in [2.75, 3.05) is 105 Å². The van der Waals surface area contributed by atoms with Gasteiger partial charge in [-0.05, 0) is 43.9 Å². The number of carbonyl (C=O) groups excluding carboxylic acids is 3. The number of cyclic esters (lactones) is 3. The Kier molecular flexibility index (Phi) is 15.9. The van der Waals surface area contributed by atoms with Gasteiger partial charge in [0.15, 0.2) is 0 Å². The SMILES string of the molecule is CCOCCOCCOc1ccc(CCC[C@@H](C(=O)O)N2CCN(C3CCOC3=O)CCN(C3CCOC3=O)CCN(C3CCOC3=O)CC2)cc1. The van der Waals surface area contributed by atoms with Crippen LogP contribution in [-0.2, 0) is 49.3 Å². The van der Waals surface area contributed by atoms with Crippen LogP contribution in [0.25, 0.3) is 0 Å². The number of aryl methyl sites for hydroxylation is 1. The number of ether oxygens (including phenoxy) is 6. The second-order valence-corrected chi connectivity index (χ2v) is 13.6. The van der Waals surface area contributed by atoms with E-state index in [1.807, 2.05) is 36.1 Å². The molecule has 0 radical (unpaired) electrons. The summed E-state index contributed by atoms with van der Waals surface area (Å²) in [5.41, 5.74) is 1.09. The van der Waals surface area contributed by atoms with E-state index in [1.54, 1.807) is 0 Å². The molecule has 4 aliphatic heterocycles. The third kappa shape index (κ3) is 11.6. The Balaban J connectivity index is 1.23. The van der Waals surface area contributed by atoms with Crippen LogP contribution in [0.2, 0.25) is 0 Å². The number of esters is 3.